The summed E-state index contributed by atoms with van der Waals surface area (Å²) in [5.41, 5.74) is 1.75. The van der Waals surface area contributed by atoms with Gasteiger partial charge >= 0.3 is 0 Å². The summed E-state index contributed by atoms with van der Waals surface area (Å²) in [5.74, 6) is 1.87. The zero-order chi connectivity index (χ0) is 22.0. The van der Waals surface area contributed by atoms with E-state index in [0.29, 0.717) is 28.3 Å². The van der Waals surface area contributed by atoms with E-state index < -0.39 is 0 Å². The second-order valence-corrected chi connectivity index (χ2v) is 9.50. The number of amides is 1. The third-order valence-corrected chi connectivity index (χ3v) is 7.09. The van der Waals surface area contributed by atoms with Crippen LogP contribution >= 0.6 is 23.1 Å². The first-order chi connectivity index (χ1) is 14.9. The van der Waals surface area contributed by atoms with Crippen LogP contribution in [0.2, 0.25) is 0 Å². The molecule has 0 spiro atoms. The minimum absolute atomic E-state index is 0.0129. The maximum atomic E-state index is 12.8. The number of fused-ring (bicyclic) bond motifs is 1. The Bertz CT molecular complexity index is 1260. The molecule has 0 aliphatic heterocycles. The number of H-pyrrole nitrogens is 1. The Kier molecular flexibility index (Phi) is 6.24. The molecule has 31 heavy (non-hydrogen) atoms. The van der Waals surface area contributed by atoms with Crippen molar-refractivity contribution in [3.8, 4) is 11.1 Å². The molecular weight excluding hydrogens is 430 g/mol. The summed E-state index contributed by atoms with van der Waals surface area (Å²) in [6.45, 7) is 2.32. The minimum Gasteiger partial charge on any atom is -0.337 e. The molecule has 3 heterocycles. The van der Waals surface area contributed by atoms with E-state index in [2.05, 4.69) is 15.0 Å². The normalized spacial score (nSPS) is 12.2. The molecule has 4 rings (SSSR count). The van der Waals surface area contributed by atoms with Crippen molar-refractivity contribution in [3.63, 3.8) is 0 Å². The smallest absolute Gasteiger partial charge is 0.260 e. The van der Waals surface area contributed by atoms with Gasteiger partial charge in [-0.1, -0.05) is 30.3 Å². The number of nitrogens with one attached hydrogen (secondary N) is 1. The van der Waals surface area contributed by atoms with Crippen molar-refractivity contribution in [3.05, 3.63) is 70.1 Å². The van der Waals surface area contributed by atoms with Crippen molar-refractivity contribution in [2.45, 2.75) is 24.5 Å². The van der Waals surface area contributed by atoms with E-state index in [-0.39, 0.29) is 16.7 Å². The van der Waals surface area contributed by atoms with Gasteiger partial charge in [-0.2, -0.15) is 0 Å². The number of nitrogens with zero attached hydrogens (tertiary/aromatic N) is 4. The summed E-state index contributed by atoms with van der Waals surface area (Å²) in [5, 5.41) is 2.32. The highest BCUT2D eigenvalue weighted by Crippen LogP contribution is 2.30. The number of benzene rings is 1. The Balaban J connectivity index is 1.45. The fourth-order valence-corrected chi connectivity index (χ4v) is 5.15. The van der Waals surface area contributed by atoms with E-state index in [4.69, 9.17) is 0 Å². The van der Waals surface area contributed by atoms with Gasteiger partial charge in [-0.3, -0.25) is 9.59 Å². The monoisotopic (exact) mass is 453 g/mol. The first-order valence-electron chi connectivity index (χ1n) is 9.82. The zero-order valence-corrected chi connectivity index (χ0v) is 19.2. The Morgan fingerprint density at radius 2 is 2.10 bits per heavy atom. The zero-order valence-electron chi connectivity index (χ0n) is 17.5. The highest BCUT2D eigenvalue weighted by Gasteiger charge is 2.20. The van der Waals surface area contributed by atoms with Crippen molar-refractivity contribution < 1.29 is 4.79 Å². The third kappa shape index (κ3) is 4.57. The van der Waals surface area contributed by atoms with Crippen LogP contribution in [0.3, 0.4) is 0 Å². The lowest BCUT2D eigenvalue weighted by Crippen LogP contribution is -2.33. The molecule has 160 valence electrons. The molecule has 0 saturated heterocycles. The average molecular weight is 454 g/mol. The fourth-order valence-electron chi connectivity index (χ4n) is 3.32. The largest absolute Gasteiger partial charge is 0.337 e. The van der Waals surface area contributed by atoms with Gasteiger partial charge < -0.3 is 14.5 Å². The van der Waals surface area contributed by atoms with E-state index in [0.717, 1.165) is 17.0 Å². The van der Waals surface area contributed by atoms with Gasteiger partial charge in [0.25, 0.3) is 5.56 Å². The molecule has 0 aliphatic rings. The van der Waals surface area contributed by atoms with Crippen molar-refractivity contribution in [2.24, 2.45) is 7.05 Å². The molecule has 7 nitrogen and oxygen atoms in total. The van der Waals surface area contributed by atoms with E-state index in [1.807, 2.05) is 60.4 Å². The number of aromatic amines is 1. The summed E-state index contributed by atoms with van der Waals surface area (Å²) in [7, 11) is 3.68. The van der Waals surface area contributed by atoms with Gasteiger partial charge in [0.1, 0.15) is 16.5 Å². The molecule has 0 saturated carbocycles. The molecule has 0 bridgehead atoms. The molecule has 1 N–H and O–H groups in total. The third-order valence-electron chi connectivity index (χ3n) is 5.07. The van der Waals surface area contributed by atoms with Crippen LogP contribution in [-0.2, 0) is 24.1 Å². The van der Waals surface area contributed by atoms with Crippen molar-refractivity contribution >= 4 is 39.2 Å². The number of aromatic nitrogens is 4. The van der Waals surface area contributed by atoms with Crippen LogP contribution in [-0.4, -0.2) is 42.6 Å². The number of carbonyl (C=O) groups excluding carboxylic acids is 1. The molecule has 1 aromatic carbocycles. The molecular formula is C22H23N5O2S2. The van der Waals surface area contributed by atoms with Crippen LogP contribution in [0, 0.1) is 0 Å². The Hall–Kier alpha value is -2.91. The molecule has 4 aromatic rings. The Morgan fingerprint density at radius 3 is 2.81 bits per heavy atom. The van der Waals surface area contributed by atoms with E-state index >= 15 is 0 Å². The lowest BCUT2D eigenvalue weighted by Gasteiger charge is -2.20. The van der Waals surface area contributed by atoms with E-state index in [1.54, 1.807) is 18.1 Å². The summed E-state index contributed by atoms with van der Waals surface area (Å²) in [4.78, 5) is 39.7. The number of hydrogen-bond acceptors (Lipinski definition) is 6. The number of aryl methyl sites for hydroxylation is 1. The lowest BCUT2D eigenvalue weighted by atomic mass is 10.1. The lowest BCUT2D eigenvalue weighted by molar-refractivity contribution is -0.129. The van der Waals surface area contributed by atoms with Gasteiger partial charge in [0.15, 0.2) is 0 Å². The van der Waals surface area contributed by atoms with Gasteiger partial charge in [-0.05, 0) is 12.5 Å². The number of thioether (sulfide) groups is 1. The average Bonchev–Trinajstić information content (AvgIpc) is 3.38. The summed E-state index contributed by atoms with van der Waals surface area (Å²) in [6.07, 6.45) is 3.58. The molecule has 9 heteroatoms. The van der Waals surface area contributed by atoms with Gasteiger partial charge in [0.05, 0.1) is 22.9 Å². The first kappa shape index (κ1) is 21.3. The minimum atomic E-state index is -0.269. The summed E-state index contributed by atoms with van der Waals surface area (Å²) in [6, 6.07) is 9.83. The Morgan fingerprint density at radius 1 is 1.32 bits per heavy atom. The van der Waals surface area contributed by atoms with Crippen molar-refractivity contribution in [1.82, 2.24) is 24.4 Å². The van der Waals surface area contributed by atoms with Crippen LogP contribution < -0.4 is 5.56 Å². The molecule has 0 aliphatic carbocycles. The number of imidazole rings is 1. The number of carbonyl (C=O) groups is 1. The van der Waals surface area contributed by atoms with Crippen LogP contribution in [0.1, 0.15) is 18.6 Å². The highest BCUT2D eigenvalue weighted by molar-refractivity contribution is 7.99. The molecule has 1 atom stereocenters. The van der Waals surface area contributed by atoms with Crippen LogP contribution in [0.4, 0.5) is 0 Å². The predicted octanol–water partition coefficient (Wildman–Crippen LogP) is 3.67. The molecule has 1 unspecified atom stereocenters. The molecule has 0 radical (unpaired) electrons. The van der Waals surface area contributed by atoms with Crippen LogP contribution in [0.5, 0.6) is 0 Å². The van der Waals surface area contributed by atoms with Crippen LogP contribution in [0.25, 0.3) is 21.3 Å². The fraction of sp³-hybridized carbons (Fsp3) is 0.273. The maximum absolute atomic E-state index is 12.8. The standard InChI is InChI=1S/C22H23N5O2S2/c1-14(22(29)27(3)11-18-23-9-10-26(18)2)30-13-17-24-20(28)19-16(12-31-21(19)25-17)15-7-5-4-6-8-15/h4-10,12,14H,11,13H2,1-3H3,(H,24,25,28). The van der Waals surface area contributed by atoms with Crippen LogP contribution in [0.15, 0.2) is 52.9 Å². The molecule has 3 aromatic heterocycles. The van der Waals surface area contributed by atoms with Crippen molar-refractivity contribution in [2.75, 3.05) is 7.05 Å². The second kappa shape index (κ2) is 9.07. The molecule has 0 fully saturated rings. The van der Waals surface area contributed by atoms with Gasteiger partial charge in [-0.25, -0.2) is 9.97 Å². The highest BCUT2D eigenvalue weighted by atomic mass is 32.2. The van der Waals surface area contributed by atoms with E-state index in [9.17, 15) is 9.59 Å². The molecule has 1 amide bonds. The maximum Gasteiger partial charge on any atom is 0.260 e. The van der Waals surface area contributed by atoms with Gasteiger partial charge in [0.2, 0.25) is 5.91 Å². The van der Waals surface area contributed by atoms with Crippen molar-refractivity contribution in [1.29, 1.82) is 0 Å². The quantitative estimate of drug-likeness (QED) is 0.462. The predicted molar refractivity (Wildman–Crippen MR) is 126 cm³/mol. The second-order valence-electron chi connectivity index (χ2n) is 7.31. The first-order valence-corrected chi connectivity index (χ1v) is 11.8. The Labute approximate surface area is 188 Å². The SMILES string of the molecule is CC(SCc1nc2scc(-c3ccccc3)c2c(=O)[nH]1)C(=O)N(C)Cc1nccn1C. The summed E-state index contributed by atoms with van der Waals surface area (Å²) >= 11 is 2.92. The summed E-state index contributed by atoms with van der Waals surface area (Å²) < 4.78 is 1.90. The number of rotatable bonds is 7. The van der Waals surface area contributed by atoms with Gasteiger partial charge in [0, 0.05) is 37.4 Å². The van der Waals surface area contributed by atoms with E-state index in [1.165, 1.54) is 23.1 Å². The number of thiophene rings is 1. The topological polar surface area (TPSA) is 83.9 Å². The van der Waals surface area contributed by atoms with Gasteiger partial charge in [-0.15, -0.1) is 23.1 Å². The number of hydrogen-bond donors (Lipinski definition) is 1.